The molecule has 2 nitrogen and oxygen atoms in total. The van der Waals surface area contributed by atoms with E-state index < -0.39 is 5.41 Å². The number of allylic oxidation sites excluding steroid dienone is 1. The van der Waals surface area contributed by atoms with Crippen LogP contribution >= 0.6 is 0 Å². The second kappa shape index (κ2) is 7.36. The summed E-state index contributed by atoms with van der Waals surface area (Å²) in [6.07, 6.45) is 17.4. The van der Waals surface area contributed by atoms with Crippen LogP contribution in [0.1, 0.15) is 98.8 Å². The molecule has 5 aliphatic carbocycles. The van der Waals surface area contributed by atoms with Crippen LogP contribution < -0.4 is 0 Å². The van der Waals surface area contributed by atoms with E-state index in [1.54, 1.807) is 0 Å². The average Bonchev–Trinajstić information content (AvgIpc) is 3.17. The lowest BCUT2D eigenvalue weighted by Crippen LogP contribution is -2.67. The summed E-state index contributed by atoms with van der Waals surface area (Å²) in [5.74, 6) is 6.01. The van der Waals surface area contributed by atoms with Crippen molar-refractivity contribution >= 4 is 0 Å². The van der Waals surface area contributed by atoms with Crippen molar-refractivity contribution in [3.63, 3.8) is 0 Å². The van der Waals surface area contributed by atoms with E-state index >= 15 is 0 Å². The summed E-state index contributed by atoms with van der Waals surface area (Å²) in [4.78, 5) is 0. The monoisotopic (exact) mass is 452 g/mol. The van der Waals surface area contributed by atoms with Crippen LogP contribution in [-0.2, 0) is 0 Å². The fourth-order valence-corrected chi connectivity index (χ4v) is 11.4. The minimum Gasteiger partial charge on any atom is -0.396 e. The lowest BCUT2D eigenvalue weighted by molar-refractivity contribution is -0.244. The van der Waals surface area contributed by atoms with Crippen molar-refractivity contribution < 1.29 is 10.2 Å². The molecule has 2 N–H and O–H groups in total. The van der Waals surface area contributed by atoms with Gasteiger partial charge in [0, 0.05) is 6.61 Å². The number of rotatable bonds is 2. The molecule has 5 fully saturated rings. The molecular formula is C31H48O2. The molecule has 0 bridgehead atoms. The van der Waals surface area contributed by atoms with E-state index in [4.69, 9.17) is 6.42 Å². The first-order valence-corrected chi connectivity index (χ1v) is 13.9. The van der Waals surface area contributed by atoms with Crippen LogP contribution in [-0.4, -0.2) is 22.9 Å². The Kier molecular flexibility index (Phi) is 5.34. The Morgan fingerprint density at radius 3 is 2.27 bits per heavy atom. The van der Waals surface area contributed by atoms with Gasteiger partial charge >= 0.3 is 0 Å². The molecular weight excluding hydrogens is 404 g/mol. The van der Waals surface area contributed by atoms with E-state index in [0.717, 1.165) is 19.3 Å². The number of aliphatic hydroxyl groups is 2. The maximum atomic E-state index is 10.9. The topological polar surface area (TPSA) is 40.5 Å². The Labute approximate surface area is 203 Å². The van der Waals surface area contributed by atoms with Gasteiger partial charge in [-0.3, -0.25) is 0 Å². The summed E-state index contributed by atoms with van der Waals surface area (Å²) in [7, 11) is 0. The van der Waals surface area contributed by atoms with Crippen LogP contribution in [0.3, 0.4) is 0 Å². The predicted octanol–water partition coefficient (Wildman–Crippen LogP) is 6.61. The lowest BCUT2D eigenvalue weighted by atomic mass is 9.32. The highest BCUT2D eigenvalue weighted by Gasteiger charge is 2.71. The second-order valence-electron chi connectivity index (χ2n) is 14.2. The summed E-state index contributed by atoms with van der Waals surface area (Å²) in [5, 5.41) is 21.6. The summed E-state index contributed by atoms with van der Waals surface area (Å²) in [5.41, 5.74) is 1.86. The predicted molar refractivity (Wildman–Crippen MR) is 135 cm³/mol. The molecule has 0 aliphatic heterocycles. The van der Waals surface area contributed by atoms with Crippen LogP contribution in [0.2, 0.25) is 0 Å². The van der Waals surface area contributed by atoms with Gasteiger partial charge in [0.2, 0.25) is 0 Å². The smallest absolute Gasteiger partial charge is 0.0706 e. The molecule has 184 valence electrons. The molecule has 0 aromatic rings. The van der Waals surface area contributed by atoms with Crippen LogP contribution in [0.15, 0.2) is 12.2 Å². The van der Waals surface area contributed by atoms with Gasteiger partial charge in [0.1, 0.15) is 0 Å². The molecule has 0 amide bonds. The zero-order chi connectivity index (χ0) is 24.0. The van der Waals surface area contributed by atoms with Gasteiger partial charge in [0.15, 0.2) is 0 Å². The minimum atomic E-state index is -0.402. The molecule has 0 aromatic heterocycles. The van der Waals surface area contributed by atoms with Crippen molar-refractivity contribution in [1.82, 2.24) is 0 Å². The highest BCUT2D eigenvalue weighted by atomic mass is 16.3. The number of fused-ring (bicyclic) bond motifs is 7. The van der Waals surface area contributed by atoms with Crippen molar-refractivity contribution in [3.8, 4) is 12.3 Å². The lowest BCUT2D eigenvalue weighted by Gasteiger charge is -2.72. The zero-order valence-electron chi connectivity index (χ0n) is 21.9. The molecule has 3 unspecified atom stereocenters. The molecule has 5 aliphatic rings. The van der Waals surface area contributed by atoms with Crippen LogP contribution in [0.4, 0.5) is 0 Å². The van der Waals surface area contributed by atoms with Crippen molar-refractivity contribution in [2.45, 2.75) is 105 Å². The van der Waals surface area contributed by atoms with E-state index in [2.05, 4.69) is 47.1 Å². The van der Waals surface area contributed by atoms with Gasteiger partial charge < -0.3 is 10.2 Å². The first-order valence-electron chi connectivity index (χ1n) is 13.9. The number of terminal acetylenes is 1. The van der Waals surface area contributed by atoms with E-state index in [-0.39, 0.29) is 16.9 Å². The Morgan fingerprint density at radius 2 is 1.64 bits per heavy atom. The first-order chi connectivity index (χ1) is 15.4. The van der Waals surface area contributed by atoms with Crippen LogP contribution in [0.25, 0.3) is 0 Å². The molecule has 0 aromatic carbocycles. The molecule has 5 saturated carbocycles. The van der Waals surface area contributed by atoms with Gasteiger partial charge in [-0.05, 0) is 129 Å². The molecule has 0 spiro atoms. The van der Waals surface area contributed by atoms with E-state index in [1.165, 1.54) is 50.5 Å². The quantitative estimate of drug-likeness (QED) is 0.365. The average molecular weight is 453 g/mol. The third kappa shape index (κ3) is 2.76. The van der Waals surface area contributed by atoms with Gasteiger partial charge in [-0.15, -0.1) is 6.42 Å². The highest BCUT2D eigenvalue weighted by molar-refractivity contribution is 5.24. The Hall–Kier alpha value is -0.780. The van der Waals surface area contributed by atoms with Gasteiger partial charge in [-0.25, -0.2) is 0 Å². The van der Waals surface area contributed by atoms with Gasteiger partial charge in [-0.1, -0.05) is 38.8 Å². The highest BCUT2D eigenvalue weighted by Crippen LogP contribution is 2.77. The fraction of sp³-hybridized carbons (Fsp3) is 0.871. The first kappa shape index (κ1) is 23.9. The van der Waals surface area contributed by atoms with Crippen molar-refractivity contribution in [2.24, 2.45) is 56.7 Å². The Balaban J connectivity index is 1.56. The zero-order valence-corrected chi connectivity index (χ0v) is 21.9. The molecule has 5 rings (SSSR count). The van der Waals surface area contributed by atoms with E-state index in [9.17, 15) is 10.2 Å². The summed E-state index contributed by atoms with van der Waals surface area (Å²) < 4.78 is 0. The molecule has 0 heterocycles. The van der Waals surface area contributed by atoms with Crippen LogP contribution in [0, 0.1) is 69.0 Å². The Bertz CT molecular complexity index is 871. The van der Waals surface area contributed by atoms with Gasteiger partial charge in [0.05, 0.1) is 11.5 Å². The van der Waals surface area contributed by atoms with Crippen molar-refractivity contribution in [1.29, 1.82) is 0 Å². The number of hydrogen-bond donors (Lipinski definition) is 2. The second-order valence-corrected chi connectivity index (χ2v) is 14.2. The standard InChI is InChI=1S/C31H48O2/c1-8-27(4)23-12-15-30(7)24(28(23,5)14-13-25(27)33)10-9-22-26-21(20(2)3)11-16-31(26,19-32)18-17-29(22,30)6/h1,21-26,32-33H,2,9-19H2,3-7H3/t21-,22?,23?,24+,25-,26?,27-,28-,29+,30+,31+/m0/s1. The number of aliphatic hydroxyl groups excluding tert-OH is 2. The molecule has 33 heavy (non-hydrogen) atoms. The van der Waals surface area contributed by atoms with Crippen LogP contribution in [0.5, 0.6) is 0 Å². The fourth-order valence-electron chi connectivity index (χ4n) is 11.4. The molecule has 0 radical (unpaired) electrons. The summed E-state index contributed by atoms with van der Waals surface area (Å²) in [6, 6.07) is 0. The van der Waals surface area contributed by atoms with Gasteiger partial charge in [-0.2, -0.15) is 0 Å². The Morgan fingerprint density at radius 1 is 0.909 bits per heavy atom. The van der Waals surface area contributed by atoms with Crippen molar-refractivity contribution in [2.75, 3.05) is 6.61 Å². The molecule has 11 atom stereocenters. The normalized spacial score (nSPS) is 57.8. The van der Waals surface area contributed by atoms with Crippen molar-refractivity contribution in [3.05, 3.63) is 12.2 Å². The third-order valence-corrected chi connectivity index (χ3v) is 13.5. The maximum absolute atomic E-state index is 10.9. The molecule has 2 heteroatoms. The maximum Gasteiger partial charge on any atom is 0.0706 e. The number of hydrogen-bond acceptors (Lipinski definition) is 2. The van der Waals surface area contributed by atoms with E-state index in [1.807, 2.05) is 0 Å². The summed E-state index contributed by atoms with van der Waals surface area (Å²) >= 11 is 0. The third-order valence-electron chi connectivity index (χ3n) is 13.5. The largest absolute Gasteiger partial charge is 0.396 e. The van der Waals surface area contributed by atoms with E-state index in [0.29, 0.717) is 47.0 Å². The minimum absolute atomic E-state index is 0.120. The SMILES string of the molecule is C#C[C@@]1(C)C2CC[C@]3(C)[C@H](CCC4C5[C@H](C(=C)C)CC[C@]5(CO)CC[C@]43C)[C@@]2(C)CC[C@@H]1O. The molecule has 0 saturated heterocycles. The van der Waals surface area contributed by atoms with Gasteiger partial charge in [0.25, 0.3) is 0 Å². The summed E-state index contributed by atoms with van der Waals surface area (Å²) in [6.45, 7) is 17.0.